The van der Waals surface area contributed by atoms with E-state index >= 15 is 0 Å². The molecule has 6 heteroatoms. The zero-order chi connectivity index (χ0) is 15.6. The minimum atomic E-state index is -0.602. The Morgan fingerprint density at radius 2 is 1.86 bits per heavy atom. The lowest BCUT2D eigenvalue weighted by Crippen LogP contribution is -2.42. The molecule has 1 aliphatic rings. The van der Waals surface area contributed by atoms with Crippen molar-refractivity contribution in [1.82, 2.24) is 10.2 Å². The number of imide groups is 1. The Morgan fingerprint density at radius 3 is 2.38 bits per heavy atom. The van der Waals surface area contributed by atoms with Crippen LogP contribution in [0, 0.1) is 5.41 Å². The predicted molar refractivity (Wildman–Crippen MR) is 78.6 cm³/mol. The van der Waals surface area contributed by atoms with Gasteiger partial charge in [0.05, 0.1) is 0 Å². The summed E-state index contributed by atoms with van der Waals surface area (Å²) in [4.78, 5) is 36.9. The van der Waals surface area contributed by atoms with Crippen molar-refractivity contribution in [2.75, 3.05) is 11.9 Å². The number of carbonyl (C=O) groups is 3. The van der Waals surface area contributed by atoms with Crippen LogP contribution in [0.5, 0.6) is 0 Å². The molecule has 1 aromatic rings. The first-order valence-electron chi connectivity index (χ1n) is 6.76. The summed E-state index contributed by atoms with van der Waals surface area (Å²) in [5.74, 6) is -0.769. The molecule has 1 fully saturated rings. The maximum atomic E-state index is 12.2. The van der Waals surface area contributed by atoms with E-state index in [9.17, 15) is 14.4 Å². The maximum Gasteiger partial charge on any atom is 0.325 e. The van der Waals surface area contributed by atoms with E-state index in [0.29, 0.717) is 5.69 Å². The first kappa shape index (κ1) is 15.0. The molecule has 0 saturated carbocycles. The SMILES string of the molecule is CC(C)(C)C1NC(=O)N(CC(=O)Nc2ccccc2)C1=O. The molecule has 0 aromatic heterocycles. The average molecular weight is 289 g/mol. The molecule has 0 radical (unpaired) electrons. The van der Waals surface area contributed by atoms with Crippen LogP contribution in [0.25, 0.3) is 0 Å². The van der Waals surface area contributed by atoms with Crippen LogP contribution in [-0.2, 0) is 9.59 Å². The number of nitrogens with one attached hydrogen (secondary N) is 2. The minimum Gasteiger partial charge on any atom is -0.325 e. The lowest BCUT2D eigenvalue weighted by atomic mass is 9.87. The lowest BCUT2D eigenvalue weighted by molar-refractivity contribution is -0.132. The van der Waals surface area contributed by atoms with Gasteiger partial charge >= 0.3 is 6.03 Å². The van der Waals surface area contributed by atoms with Crippen LogP contribution in [0.15, 0.2) is 30.3 Å². The second-order valence-corrected chi connectivity index (χ2v) is 6.09. The first-order chi connectivity index (χ1) is 9.79. The van der Waals surface area contributed by atoms with Crippen molar-refractivity contribution in [3.63, 3.8) is 0 Å². The number of benzene rings is 1. The van der Waals surface area contributed by atoms with Gasteiger partial charge < -0.3 is 10.6 Å². The van der Waals surface area contributed by atoms with Crippen LogP contribution in [0.1, 0.15) is 20.8 Å². The third-order valence-electron chi connectivity index (χ3n) is 3.25. The van der Waals surface area contributed by atoms with E-state index in [4.69, 9.17) is 0 Å². The van der Waals surface area contributed by atoms with E-state index in [1.807, 2.05) is 26.8 Å². The fourth-order valence-electron chi connectivity index (χ4n) is 2.12. The molecule has 1 atom stereocenters. The third kappa shape index (κ3) is 3.39. The number of para-hydroxylation sites is 1. The highest BCUT2D eigenvalue weighted by Crippen LogP contribution is 2.24. The summed E-state index contributed by atoms with van der Waals surface area (Å²) in [5, 5.41) is 5.27. The molecule has 2 N–H and O–H groups in total. The number of nitrogens with zero attached hydrogens (tertiary/aromatic N) is 1. The predicted octanol–water partition coefficient (Wildman–Crippen LogP) is 1.59. The molecule has 0 spiro atoms. The lowest BCUT2D eigenvalue weighted by Gasteiger charge is -2.24. The van der Waals surface area contributed by atoms with E-state index < -0.39 is 23.4 Å². The number of hydrogen-bond acceptors (Lipinski definition) is 3. The molecular weight excluding hydrogens is 270 g/mol. The zero-order valence-corrected chi connectivity index (χ0v) is 12.3. The Labute approximate surface area is 123 Å². The summed E-state index contributed by atoms with van der Waals surface area (Å²) in [5.41, 5.74) is 0.235. The van der Waals surface area contributed by atoms with E-state index in [-0.39, 0.29) is 12.5 Å². The van der Waals surface area contributed by atoms with Crippen LogP contribution >= 0.6 is 0 Å². The standard InChI is InChI=1S/C15H19N3O3/c1-15(2,3)12-13(20)18(14(21)17-12)9-11(19)16-10-7-5-4-6-8-10/h4-8,12H,9H2,1-3H3,(H,16,19)(H,17,21). The van der Waals surface area contributed by atoms with Gasteiger partial charge in [0, 0.05) is 5.69 Å². The summed E-state index contributed by atoms with van der Waals surface area (Å²) in [6.45, 7) is 5.31. The monoisotopic (exact) mass is 289 g/mol. The van der Waals surface area contributed by atoms with E-state index in [2.05, 4.69) is 10.6 Å². The molecule has 112 valence electrons. The highest BCUT2D eigenvalue weighted by Gasteiger charge is 2.44. The van der Waals surface area contributed by atoms with Gasteiger partial charge in [0.15, 0.2) is 0 Å². The van der Waals surface area contributed by atoms with Crippen LogP contribution in [0.4, 0.5) is 10.5 Å². The first-order valence-corrected chi connectivity index (χ1v) is 6.76. The fourth-order valence-corrected chi connectivity index (χ4v) is 2.12. The normalized spacial score (nSPS) is 18.6. The Balaban J connectivity index is 2.01. The molecule has 1 saturated heterocycles. The molecule has 1 heterocycles. The van der Waals surface area contributed by atoms with Gasteiger partial charge in [-0.1, -0.05) is 39.0 Å². The van der Waals surface area contributed by atoms with Crippen molar-refractivity contribution in [3.8, 4) is 0 Å². The molecule has 4 amide bonds. The van der Waals surface area contributed by atoms with E-state index in [0.717, 1.165) is 4.90 Å². The molecular formula is C15H19N3O3. The molecule has 0 bridgehead atoms. The smallest absolute Gasteiger partial charge is 0.325 e. The maximum absolute atomic E-state index is 12.2. The van der Waals surface area contributed by atoms with Crippen LogP contribution < -0.4 is 10.6 Å². The Kier molecular flexibility index (Phi) is 3.97. The van der Waals surface area contributed by atoms with Crippen molar-refractivity contribution in [3.05, 3.63) is 30.3 Å². The number of amides is 4. The zero-order valence-electron chi connectivity index (χ0n) is 12.3. The quantitative estimate of drug-likeness (QED) is 0.829. The highest BCUT2D eigenvalue weighted by molar-refractivity contribution is 6.08. The number of rotatable bonds is 3. The number of urea groups is 1. The van der Waals surface area contributed by atoms with Crippen molar-refractivity contribution in [2.24, 2.45) is 5.41 Å². The summed E-state index contributed by atoms with van der Waals surface area (Å²) in [6.07, 6.45) is 0. The number of carbonyl (C=O) groups excluding carboxylic acids is 3. The van der Waals surface area contributed by atoms with Crippen LogP contribution in [0.3, 0.4) is 0 Å². The van der Waals surface area contributed by atoms with E-state index in [1.54, 1.807) is 24.3 Å². The summed E-state index contributed by atoms with van der Waals surface area (Å²) in [6, 6.07) is 7.76. The second-order valence-electron chi connectivity index (χ2n) is 6.09. The van der Waals surface area contributed by atoms with Crippen LogP contribution in [-0.4, -0.2) is 35.3 Å². The Bertz CT molecular complexity index is 563. The van der Waals surface area contributed by atoms with Gasteiger partial charge in [-0.3, -0.25) is 14.5 Å². The molecule has 21 heavy (non-hydrogen) atoms. The molecule has 1 unspecified atom stereocenters. The van der Waals surface area contributed by atoms with E-state index in [1.165, 1.54) is 0 Å². The molecule has 2 rings (SSSR count). The number of anilines is 1. The van der Waals surface area contributed by atoms with Gasteiger partial charge in [-0.05, 0) is 17.5 Å². The molecule has 6 nitrogen and oxygen atoms in total. The Morgan fingerprint density at radius 1 is 1.24 bits per heavy atom. The van der Waals surface area contributed by atoms with Crippen LogP contribution in [0.2, 0.25) is 0 Å². The molecule has 1 aromatic carbocycles. The van der Waals surface area contributed by atoms with Gasteiger partial charge in [-0.25, -0.2) is 4.79 Å². The average Bonchev–Trinajstić information content (AvgIpc) is 2.68. The molecule has 1 aliphatic heterocycles. The van der Waals surface area contributed by atoms with Gasteiger partial charge in [-0.15, -0.1) is 0 Å². The summed E-state index contributed by atoms with van der Waals surface area (Å²) < 4.78 is 0. The minimum absolute atomic E-state index is 0.286. The Hall–Kier alpha value is -2.37. The van der Waals surface area contributed by atoms with Crippen molar-refractivity contribution in [1.29, 1.82) is 0 Å². The highest BCUT2D eigenvalue weighted by atomic mass is 16.2. The summed E-state index contributed by atoms with van der Waals surface area (Å²) >= 11 is 0. The van der Waals surface area contributed by atoms with Crippen molar-refractivity contribution < 1.29 is 14.4 Å². The van der Waals surface area contributed by atoms with Gasteiger partial charge in [0.1, 0.15) is 12.6 Å². The molecule has 0 aliphatic carbocycles. The van der Waals surface area contributed by atoms with Crippen molar-refractivity contribution in [2.45, 2.75) is 26.8 Å². The summed E-state index contributed by atoms with van der Waals surface area (Å²) in [7, 11) is 0. The van der Waals surface area contributed by atoms with Crippen molar-refractivity contribution >= 4 is 23.5 Å². The van der Waals surface area contributed by atoms with Gasteiger partial charge in [0.25, 0.3) is 5.91 Å². The third-order valence-corrected chi connectivity index (χ3v) is 3.25. The van der Waals surface area contributed by atoms with Gasteiger partial charge in [-0.2, -0.15) is 0 Å². The van der Waals surface area contributed by atoms with Gasteiger partial charge in [0.2, 0.25) is 5.91 Å². The fraction of sp³-hybridized carbons (Fsp3) is 0.400. The largest absolute Gasteiger partial charge is 0.325 e. The number of hydrogen-bond donors (Lipinski definition) is 2. The second kappa shape index (κ2) is 5.55. The topological polar surface area (TPSA) is 78.5 Å².